The Balaban J connectivity index is 1.71. The molecule has 4 nitrogen and oxygen atoms in total. The summed E-state index contributed by atoms with van der Waals surface area (Å²) in [6, 6.07) is 6.15. The van der Waals surface area contributed by atoms with Crippen molar-refractivity contribution in [2.45, 2.75) is 25.0 Å². The monoisotopic (exact) mass is 309 g/mol. The van der Waals surface area contributed by atoms with Gasteiger partial charge in [0.15, 0.2) is 11.5 Å². The highest BCUT2D eigenvalue weighted by molar-refractivity contribution is 7.99. The van der Waals surface area contributed by atoms with Crippen LogP contribution in [0.2, 0.25) is 0 Å². The van der Waals surface area contributed by atoms with Crippen molar-refractivity contribution in [3.63, 3.8) is 0 Å². The number of benzene rings is 1. The average Bonchev–Trinajstić information content (AvgIpc) is 2.57. The zero-order chi connectivity index (χ0) is 14.5. The molecule has 2 saturated heterocycles. The number of hydrogen-bond donors (Lipinski definition) is 1. The van der Waals surface area contributed by atoms with Gasteiger partial charge in [-0.2, -0.15) is 11.8 Å². The summed E-state index contributed by atoms with van der Waals surface area (Å²) in [6.45, 7) is 2.53. The Morgan fingerprint density at radius 1 is 1.33 bits per heavy atom. The van der Waals surface area contributed by atoms with E-state index in [2.05, 4.69) is 11.4 Å². The average molecular weight is 309 g/mol. The zero-order valence-corrected chi connectivity index (χ0v) is 13.3. The van der Waals surface area contributed by atoms with Gasteiger partial charge in [0.2, 0.25) is 0 Å². The highest BCUT2D eigenvalue weighted by atomic mass is 32.2. The second-order valence-corrected chi connectivity index (χ2v) is 6.58. The molecule has 0 aromatic heterocycles. The van der Waals surface area contributed by atoms with Crippen LogP contribution >= 0.6 is 11.8 Å². The van der Waals surface area contributed by atoms with Crippen molar-refractivity contribution >= 4 is 11.8 Å². The van der Waals surface area contributed by atoms with Gasteiger partial charge in [-0.25, -0.2) is 0 Å². The number of methoxy groups -OCH3 is 1. The SMILES string of the molecule is COc1cc(C2CNCCO2)ccc1OC1CCCSC1. The summed E-state index contributed by atoms with van der Waals surface area (Å²) in [5.74, 6) is 3.97. The molecule has 1 N–H and O–H groups in total. The van der Waals surface area contributed by atoms with E-state index in [9.17, 15) is 0 Å². The molecular weight excluding hydrogens is 286 g/mol. The second kappa shape index (κ2) is 7.38. The van der Waals surface area contributed by atoms with Crippen molar-refractivity contribution in [2.24, 2.45) is 0 Å². The van der Waals surface area contributed by atoms with Crippen LogP contribution in [-0.4, -0.2) is 44.4 Å². The fourth-order valence-corrected chi connectivity index (χ4v) is 3.78. The first-order valence-corrected chi connectivity index (χ1v) is 8.77. The maximum atomic E-state index is 6.12. The van der Waals surface area contributed by atoms with E-state index in [0.717, 1.165) is 48.9 Å². The summed E-state index contributed by atoms with van der Waals surface area (Å²) in [7, 11) is 1.70. The number of morpholine rings is 1. The largest absolute Gasteiger partial charge is 0.493 e. The van der Waals surface area contributed by atoms with E-state index in [1.165, 1.54) is 12.2 Å². The van der Waals surface area contributed by atoms with Gasteiger partial charge in [-0.1, -0.05) is 6.07 Å². The predicted octanol–water partition coefficient (Wildman–Crippen LogP) is 2.63. The quantitative estimate of drug-likeness (QED) is 0.926. The molecular formula is C16H23NO3S. The van der Waals surface area contributed by atoms with Gasteiger partial charge >= 0.3 is 0 Å². The van der Waals surface area contributed by atoms with E-state index >= 15 is 0 Å². The van der Waals surface area contributed by atoms with E-state index in [1.807, 2.05) is 23.9 Å². The van der Waals surface area contributed by atoms with Gasteiger partial charge in [-0.05, 0) is 36.3 Å². The van der Waals surface area contributed by atoms with Crippen molar-refractivity contribution in [2.75, 3.05) is 38.3 Å². The van der Waals surface area contributed by atoms with E-state index in [1.54, 1.807) is 7.11 Å². The van der Waals surface area contributed by atoms with Gasteiger partial charge in [-0.15, -0.1) is 0 Å². The molecule has 2 aliphatic heterocycles. The van der Waals surface area contributed by atoms with E-state index in [-0.39, 0.29) is 6.10 Å². The maximum Gasteiger partial charge on any atom is 0.161 e. The lowest BCUT2D eigenvalue weighted by molar-refractivity contribution is 0.0275. The lowest BCUT2D eigenvalue weighted by Gasteiger charge is -2.26. The van der Waals surface area contributed by atoms with Crippen LogP contribution in [0.25, 0.3) is 0 Å². The number of ether oxygens (including phenoxy) is 3. The Labute approximate surface area is 130 Å². The molecule has 5 heteroatoms. The first-order chi connectivity index (χ1) is 10.4. The van der Waals surface area contributed by atoms with Crippen molar-refractivity contribution in [3.05, 3.63) is 23.8 Å². The molecule has 21 heavy (non-hydrogen) atoms. The number of hydrogen-bond acceptors (Lipinski definition) is 5. The smallest absolute Gasteiger partial charge is 0.161 e. The Kier molecular flexibility index (Phi) is 5.27. The lowest BCUT2D eigenvalue weighted by atomic mass is 10.1. The number of thioether (sulfide) groups is 1. The molecule has 0 saturated carbocycles. The summed E-state index contributed by atoms with van der Waals surface area (Å²) < 4.78 is 17.4. The highest BCUT2D eigenvalue weighted by Crippen LogP contribution is 2.34. The molecule has 2 unspecified atom stereocenters. The summed E-state index contributed by atoms with van der Waals surface area (Å²) in [5.41, 5.74) is 1.14. The molecule has 2 fully saturated rings. The van der Waals surface area contributed by atoms with E-state index < -0.39 is 0 Å². The molecule has 2 atom stereocenters. The second-order valence-electron chi connectivity index (χ2n) is 5.43. The van der Waals surface area contributed by atoms with Gasteiger partial charge in [0, 0.05) is 18.8 Å². The molecule has 116 valence electrons. The first kappa shape index (κ1) is 15.0. The molecule has 2 heterocycles. The molecule has 0 amide bonds. The normalized spacial score (nSPS) is 26.3. The molecule has 0 spiro atoms. The summed E-state index contributed by atoms with van der Waals surface area (Å²) in [6.07, 6.45) is 2.77. The van der Waals surface area contributed by atoms with Gasteiger partial charge in [-0.3, -0.25) is 0 Å². The molecule has 1 aromatic rings. The third-order valence-corrected chi connectivity index (χ3v) is 5.08. The summed E-state index contributed by atoms with van der Waals surface area (Å²) >= 11 is 1.97. The van der Waals surface area contributed by atoms with Gasteiger partial charge < -0.3 is 19.5 Å². The Bertz CT molecular complexity index is 457. The highest BCUT2D eigenvalue weighted by Gasteiger charge is 2.20. The number of nitrogens with one attached hydrogen (secondary N) is 1. The Morgan fingerprint density at radius 2 is 2.29 bits per heavy atom. The van der Waals surface area contributed by atoms with Crippen molar-refractivity contribution in [3.8, 4) is 11.5 Å². The summed E-state index contributed by atoms with van der Waals surface area (Å²) in [5, 5.41) is 3.35. The summed E-state index contributed by atoms with van der Waals surface area (Å²) in [4.78, 5) is 0. The molecule has 3 rings (SSSR count). The molecule has 0 radical (unpaired) electrons. The van der Waals surface area contributed by atoms with Crippen LogP contribution in [-0.2, 0) is 4.74 Å². The van der Waals surface area contributed by atoms with Gasteiger partial charge in [0.05, 0.1) is 19.8 Å². The van der Waals surface area contributed by atoms with Crippen molar-refractivity contribution in [1.82, 2.24) is 5.32 Å². The maximum absolute atomic E-state index is 6.12. The van der Waals surface area contributed by atoms with Gasteiger partial charge in [0.25, 0.3) is 0 Å². The number of rotatable bonds is 4. The topological polar surface area (TPSA) is 39.7 Å². The molecule has 2 aliphatic rings. The van der Waals surface area contributed by atoms with Crippen LogP contribution in [0.4, 0.5) is 0 Å². The third kappa shape index (κ3) is 3.84. The van der Waals surface area contributed by atoms with Crippen LogP contribution in [0.3, 0.4) is 0 Å². The third-order valence-electron chi connectivity index (χ3n) is 3.90. The van der Waals surface area contributed by atoms with Crippen LogP contribution < -0.4 is 14.8 Å². The molecule has 0 aliphatic carbocycles. The molecule has 1 aromatic carbocycles. The minimum absolute atomic E-state index is 0.104. The minimum Gasteiger partial charge on any atom is -0.493 e. The van der Waals surface area contributed by atoms with Crippen LogP contribution in [0, 0.1) is 0 Å². The Morgan fingerprint density at radius 3 is 3.00 bits per heavy atom. The fourth-order valence-electron chi connectivity index (χ4n) is 2.75. The van der Waals surface area contributed by atoms with Crippen molar-refractivity contribution in [1.29, 1.82) is 0 Å². The van der Waals surface area contributed by atoms with Gasteiger partial charge in [0.1, 0.15) is 6.10 Å². The van der Waals surface area contributed by atoms with E-state index in [0.29, 0.717) is 6.10 Å². The van der Waals surface area contributed by atoms with Crippen LogP contribution in [0.1, 0.15) is 24.5 Å². The van der Waals surface area contributed by atoms with Crippen LogP contribution in [0.15, 0.2) is 18.2 Å². The molecule has 0 bridgehead atoms. The fraction of sp³-hybridized carbons (Fsp3) is 0.625. The lowest BCUT2D eigenvalue weighted by Crippen LogP contribution is -2.33. The zero-order valence-electron chi connectivity index (χ0n) is 12.5. The Hall–Kier alpha value is -0.910. The first-order valence-electron chi connectivity index (χ1n) is 7.61. The minimum atomic E-state index is 0.104. The standard InChI is InChI=1S/C16H23NO3S/c1-18-15-9-12(16-10-17-6-7-19-16)4-5-14(15)20-13-3-2-8-21-11-13/h4-5,9,13,16-17H,2-3,6-8,10-11H2,1H3. The van der Waals surface area contributed by atoms with E-state index in [4.69, 9.17) is 14.2 Å². The van der Waals surface area contributed by atoms with Crippen molar-refractivity contribution < 1.29 is 14.2 Å². The van der Waals surface area contributed by atoms with Crippen LogP contribution in [0.5, 0.6) is 11.5 Å². The predicted molar refractivity (Wildman–Crippen MR) is 85.5 cm³/mol.